The van der Waals surface area contributed by atoms with Gasteiger partial charge in [-0.05, 0) is 99.3 Å². The molecule has 9 heterocycles. The fourth-order valence-electron chi connectivity index (χ4n) is 9.06. The molecule has 19 nitrogen and oxygen atoms in total. The van der Waals surface area contributed by atoms with E-state index in [2.05, 4.69) is 69.9 Å². The van der Waals surface area contributed by atoms with Crippen molar-refractivity contribution in [2.75, 3.05) is 72.0 Å². The van der Waals surface area contributed by atoms with Gasteiger partial charge in [0.25, 0.3) is 21.8 Å². The number of anilines is 5. The zero-order chi connectivity index (χ0) is 46.5. The molecule has 23 heteroatoms. The van der Waals surface area contributed by atoms with E-state index in [1.165, 1.54) is 38.3 Å². The second-order valence-corrected chi connectivity index (χ2v) is 22.7. The molecule has 0 radical (unpaired) electrons. The number of sulfonamides is 1. The highest BCUT2D eigenvalue weighted by molar-refractivity contribution is 7.94. The van der Waals surface area contributed by atoms with Gasteiger partial charge in [-0.15, -0.1) is 11.3 Å². The average Bonchev–Trinajstić information content (AvgIpc) is 4.18. The summed E-state index contributed by atoms with van der Waals surface area (Å²) in [6, 6.07) is 18.5. The number of amides is 2. The van der Waals surface area contributed by atoms with Crippen molar-refractivity contribution in [3.05, 3.63) is 101 Å². The Morgan fingerprint density at radius 3 is 2.10 bits per heavy atom. The summed E-state index contributed by atoms with van der Waals surface area (Å²) < 4.78 is 35.9. The Kier molecular flexibility index (Phi) is 11.9. The van der Waals surface area contributed by atoms with Crippen molar-refractivity contribution in [1.82, 2.24) is 49.3 Å². The van der Waals surface area contributed by atoms with E-state index in [0.717, 1.165) is 102 Å². The van der Waals surface area contributed by atoms with Crippen LogP contribution in [-0.4, -0.2) is 116 Å². The summed E-state index contributed by atoms with van der Waals surface area (Å²) in [6.45, 7) is 7.12. The minimum Gasteiger partial charge on any atom is -0.379 e. The molecule has 0 aliphatic carbocycles. The number of carbonyl (C=O) groups is 2. The quantitative estimate of drug-likeness (QED) is 0.0963. The molecule has 0 spiro atoms. The molecule has 1 fully saturated rings. The van der Waals surface area contributed by atoms with Crippen molar-refractivity contribution in [3.63, 3.8) is 0 Å². The average molecular weight is 992 g/mol. The van der Waals surface area contributed by atoms with Crippen molar-refractivity contribution in [1.29, 1.82) is 0 Å². The molecule has 6 aromatic heterocycles. The van der Waals surface area contributed by atoms with Gasteiger partial charge in [-0.25, -0.2) is 23.4 Å². The largest absolute Gasteiger partial charge is 0.379 e. The maximum absolute atomic E-state index is 14.3. The van der Waals surface area contributed by atoms with Crippen molar-refractivity contribution in [2.24, 2.45) is 5.92 Å². The van der Waals surface area contributed by atoms with Crippen LogP contribution in [0.15, 0.2) is 76.4 Å². The van der Waals surface area contributed by atoms with Gasteiger partial charge >= 0.3 is 0 Å². The smallest absolute Gasteiger partial charge is 0.277 e. The highest BCUT2D eigenvalue weighted by atomic mass is 32.2. The Bertz CT molecular complexity index is 3260. The lowest BCUT2D eigenvalue weighted by atomic mass is 10.1. The molecule has 2 amide bonds. The second-order valence-electron chi connectivity index (χ2n) is 17.6. The number of nitrogens with one attached hydrogen (secondary N) is 4. The number of hydrogen-bond donors (Lipinski definition) is 4. The Hall–Kier alpha value is -6.24. The number of aryl methyl sites for hydroxylation is 2. The molecule has 3 aliphatic heterocycles. The van der Waals surface area contributed by atoms with Crippen molar-refractivity contribution >= 4 is 104 Å². The lowest BCUT2D eigenvalue weighted by Gasteiger charge is -2.27. The van der Waals surface area contributed by atoms with Gasteiger partial charge in [-0.1, -0.05) is 28.7 Å². The maximum atomic E-state index is 14.3. The molecule has 0 bridgehead atoms. The van der Waals surface area contributed by atoms with Crippen LogP contribution in [0.3, 0.4) is 0 Å². The highest BCUT2D eigenvalue weighted by Gasteiger charge is 2.33. The number of benzene rings is 2. The van der Waals surface area contributed by atoms with E-state index in [1.54, 1.807) is 23.6 Å². The van der Waals surface area contributed by atoms with E-state index in [-0.39, 0.29) is 28.5 Å². The summed E-state index contributed by atoms with van der Waals surface area (Å²) in [5, 5.41) is 21.2. The second kappa shape index (κ2) is 18.3. The van der Waals surface area contributed by atoms with Crippen LogP contribution in [0.5, 0.6) is 0 Å². The minimum atomic E-state index is -3.89. The lowest BCUT2D eigenvalue weighted by molar-refractivity contribution is 0.101. The third-order valence-corrected chi connectivity index (χ3v) is 17.5. The summed E-state index contributed by atoms with van der Waals surface area (Å²) in [6.07, 6.45) is 4.54. The van der Waals surface area contributed by atoms with Gasteiger partial charge in [0, 0.05) is 64.6 Å². The van der Waals surface area contributed by atoms with Crippen LogP contribution in [0.25, 0.3) is 20.4 Å². The van der Waals surface area contributed by atoms with Gasteiger partial charge in [0.1, 0.15) is 4.21 Å². The third kappa shape index (κ3) is 9.20. The van der Waals surface area contributed by atoms with Crippen LogP contribution in [0.2, 0.25) is 0 Å². The summed E-state index contributed by atoms with van der Waals surface area (Å²) in [5.74, 6) is 0.147. The standard InChI is InChI=1S/C45H49N15O4S4/c1-55-12-4-14-58-32(26-55)19-36(53-58)41(61)51-44-49-34-9-7-29(18-38(34)66-44)46-22-30-23-47-43(48-30)57-16-11-28(24-57)25-60(68(63,64)40-6-3-17-65-40)31-8-10-35-39(21-31)67-45(50-35)52-42(62)37-20-33-27-56(2)13-5-15-59(33)54-37/h3,6-10,17-21,23,28,46H,4-5,11-16,22,24-27H2,1-2H3,(H,47,48)(H,49,51,61)(H,50,52,62). The molecular formula is C45H49N15O4S4. The number of hydrogen-bond acceptors (Lipinski definition) is 16. The van der Waals surface area contributed by atoms with Gasteiger partial charge in [0.15, 0.2) is 21.7 Å². The predicted octanol–water partition coefficient (Wildman–Crippen LogP) is 6.59. The fraction of sp³-hybridized carbons (Fsp3) is 0.356. The summed E-state index contributed by atoms with van der Waals surface area (Å²) in [7, 11) is 0.244. The van der Waals surface area contributed by atoms with Crippen LogP contribution < -0.4 is 25.2 Å². The molecule has 8 aromatic rings. The van der Waals surface area contributed by atoms with Crippen molar-refractivity contribution < 1.29 is 18.0 Å². The number of thiophene rings is 1. The third-order valence-electron chi connectivity index (χ3n) is 12.5. The van der Waals surface area contributed by atoms with Gasteiger partial charge < -0.3 is 25.0 Å². The predicted molar refractivity (Wildman–Crippen MR) is 267 cm³/mol. The van der Waals surface area contributed by atoms with E-state index in [0.29, 0.717) is 52.5 Å². The van der Waals surface area contributed by atoms with E-state index in [1.807, 2.05) is 58.0 Å². The number of aromatic amines is 1. The fourth-order valence-corrected chi connectivity index (χ4v) is 13.5. The molecular weight excluding hydrogens is 943 g/mol. The summed E-state index contributed by atoms with van der Waals surface area (Å²) in [4.78, 5) is 50.5. The van der Waals surface area contributed by atoms with Crippen LogP contribution in [0, 0.1) is 5.92 Å². The Morgan fingerprint density at radius 1 is 0.809 bits per heavy atom. The highest BCUT2D eigenvalue weighted by Crippen LogP contribution is 2.35. The number of fused-ring (bicyclic) bond motifs is 4. The maximum Gasteiger partial charge on any atom is 0.277 e. The molecule has 3 aliphatic rings. The molecule has 11 rings (SSSR count). The first kappa shape index (κ1) is 44.3. The number of thiazole rings is 2. The van der Waals surface area contributed by atoms with Gasteiger partial charge in [-0.2, -0.15) is 10.2 Å². The molecule has 1 atom stereocenters. The molecule has 4 N–H and O–H groups in total. The Labute approximate surface area is 403 Å². The monoisotopic (exact) mass is 991 g/mol. The minimum absolute atomic E-state index is 0.0193. The zero-order valence-corrected chi connectivity index (χ0v) is 40.6. The van der Waals surface area contributed by atoms with Crippen LogP contribution in [0.4, 0.5) is 27.6 Å². The van der Waals surface area contributed by atoms with Crippen LogP contribution in [0.1, 0.15) is 57.3 Å². The first-order valence-electron chi connectivity index (χ1n) is 22.5. The number of imidazole rings is 1. The number of H-pyrrole nitrogens is 1. The summed E-state index contributed by atoms with van der Waals surface area (Å²) in [5.41, 5.74) is 6.55. The van der Waals surface area contributed by atoms with Crippen molar-refractivity contribution in [3.8, 4) is 0 Å². The first-order valence-corrected chi connectivity index (χ1v) is 26.5. The Morgan fingerprint density at radius 2 is 1.46 bits per heavy atom. The lowest BCUT2D eigenvalue weighted by Crippen LogP contribution is -2.36. The summed E-state index contributed by atoms with van der Waals surface area (Å²) >= 11 is 3.91. The molecule has 352 valence electrons. The van der Waals surface area contributed by atoms with Crippen LogP contribution in [-0.2, 0) is 42.7 Å². The Balaban J connectivity index is 0.727. The molecule has 0 saturated carbocycles. The number of aromatic nitrogens is 8. The molecule has 1 unspecified atom stereocenters. The molecule has 2 aromatic carbocycles. The van der Waals surface area contributed by atoms with E-state index in [9.17, 15) is 18.0 Å². The van der Waals surface area contributed by atoms with E-state index in [4.69, 9.17) is 4.98 Å². The van der Waals surface area contributed by atoms with Gasteiger partial charge in [0.2, 0.25) is 5.95 Å². The molecule has 1 saturated heterocycles. The van der Waals surface area contributed by atoms with E-state index >= 15 is 0 Å². The number of carbonyl (C=O) groups excluding carboxylic acids is 2. The number of nitrogens with zero attached hydrogens (tertiary/aromatic N) is 11. The van der Waals surface area contributed by atoms with Gasteiger partial charge in [0.05, 0.1) is 55.9 Å². The van der Waals surface area contributed by atoms with Crippen molar-refractivity contribution in [2.45, 2.75) is 56.2 Å². The zero-order valence-electron chi connectivity index (χ0n) is 37.4. The van der Waals surface area contributed by atoms with Gasteiger partial charge in [-0.3, -0.25) is 33.9 Å². The topological polar surface area (TPSA) is 207 Å². The normalized spacial score (nSPS) is 17.0. The SMILES string of the molecule is CN1CCCn2nc(C(=O)Nc3nc4ccc(NCc5cnc(N6CCC(CN(c7ccc8nc(NC(=O)c9cc%10n(n9)CCCN(C)C%10)sc8c7)S(=O)(=O)c7cccs7)C6)[nH]5)cc4s3)cc2C1. The first-order chi connectivity index (χ1) is 33.0. The number of rotatable bonds is 13. The molecule has 68 heavy (non-hydrogen) atoms. The van der Waals surface area contributed by atoms with Crippen LogP contribution >= 0.6 is 34.0 Å². The van der Waals surface area contributed by atoms with E-state index < -0.39 is 10.0 Å².